The Kier molecular flexibility index (Phi) is 4.33. The molecule has 0 radical (unpaired) electrons. The molecule has 1 saturated heterocycles. The highest BCUT2D eigenvalue weighted by Crippen LogP contribution is 2.29. The Hall–Kier alpha value is -0.830. The molecule has 1 fully saturated rings. The molecule has 0 aromatic rings. The van der Waals surface area contributed by atoms with Crippen molar-refractivity contribution < 1.29 is 4.79 Å². The third-order valence-electron chi connectivity index (χ3n) is 3.30. The van der Waals surface area contributed by atoms with Crippen molar-refractivity contribution in [3.8, 4) is 0 Å². The van der Waals surface area contributed by atoms with E-state index in [9.17, 15) is 4.79 Å². The first-order valence-corrected chi connectivity index (χ1v) is 5.77. The van der Waals surface area contributed by atoms with Crippen LogP contribution in [0.5, 0.6) is 0 Å². The van der Waals surface area contributed by atoms with Crippen LogP contribution in [-0.4, -0.2) is 25.0 Å². The fourth-order valence-corrected chi connectivity index (χ4v) is 2.09. The highest BCUT2D eigenvalue weighted by Gasteiger charge is 2.39. The van der Waals surface area contributed by atoms with Crippen LogP contribution >= 0.6 is 0 Å². The average molecular weight is 210 g/mol. The highest BCUT2D eigenvalue weighted by molar-refractivity contribution is 5.83. The predicted molar refractivity (Wildman–Crippen MR) is 62.6 cm³/mol. The van der Waals surface area contributed by atoms with Crippen molar-refractivity contribution in [3.63, 3.8) is 0 Å². The van der Waals surface area contributed by atoms with E-state index < -0.39 is 0 Å². The average Bonchev–Trinajstić information content (AvgIpc) is 2.67. The summed E-state index contributed by atoms with van der Waals surface area (Å²) in [6.45, 7) is 9.56. The Bertz CT molecular complexity index is 232. The smallest absolute Gasteiger partial charge is 0.227 e. The van der Waals surface area contributed by atoms with E-state index >= 15 is 0 Å². The molecule has 0 spiro atoms. The first-order chi connectivity index (χ1) is 7.14. The summed E-state index contributed by atoms with van der Waals surface area (Å²) in [4.78, 5) is 12.1. The quantitative estimate of drug-likeness (QED) is 0.674. The maximum absolute atomic E-state index is 12.1. The van der Waals surface area contributed by atoms with Gasteiger partial charge in [-0.15, -0.1) is 6.58 Å². The van der Waals surface area contributed by atoms with Crippen molar-refractivity contribution in [2.45, 2.75) is 39.2 Å². The number of hydrogen-bond donors (Lipinski definition) is 2. The van der Waals surface area contributed by atoms with Crippen LogP contribution in [0.15, 0.2) is 12.7 Å². The van der Waals surface area contributed by atoms with Gasteiger partial charge in [-0.1, -0.05) is 13.0 Å². The molecular formula is C12H22N2O. The van der Waals surface area contributed by atoms with E-state index in [2.05, 4.69) is 24.1 Å². The summed E-state index contributed by atoms with van der Waals surface area (Å²) < 4.78 is 0. The van der Waals surface area contributed by atoms with Gasteiger partial charge in [-0.3, -0.25) is 4.79 Å². The topological polar surface area (TPSA) is 41.1 Å². The summed E-state index contributed by atoms with van der Waals surface area (Å²) in [5.74, 6) is 0.198. The molecule has 1 aliphatic rings. The first-order valence-electron chi connectivity index (χ1n) is 5.77. The summed E-state index contributed by atoms with van der Waals surface area (Å²) in [6, 6.07) is 0.194. The van der Waals surface area contributed by atoms with Crippen LogP contribution < -0.4 is 10.6 Å². The van der Waals surface area contributed by atoms with Crippen LogP contribution in [0.4, 0.5) is 0 Å². The second kappa shape index (κ2) is 5.31. The van der Waals surface area contributed by atoms with E-state index in [0.29, 0.717) is 0 Å². The van der Waals surface area contributed by atoms with Gasteiger partial charge in [0, 0.05) is 12.6 Å². The zero-order valence-electron chi connectivity index (χ0n) is 9.81. The van der Waals surface area contributed by atoms with Crippen molar-refractivity contribution >= 4 is 5.91 Å². The molecule has 1 amide bonds. The fraction of sp³-hybridized carbons (Fsp3) is 0.750. The summed E-state index contributed by atoms with van der Waals surface area (Å²) in [5.41, 5.74) is -0.171. The van der Waals surface area contributed by atoms with Crippen molar-refractivity contribution in [2.75, 3.05) is 13.1 Å². The first kappa shape index (κ1) is 12.2. The fourth-order valence-electron chi connectivity index (χ4n) is 2.09. The minimum Gasteiger partial charge on any atom is -0.353 e. The van der Waals surface area contributed by atoms with Gasteiger partial charge in [0.25, 0.3) is 0 Å². The normalized spacial score (nSPS) is 27.3. The Morgan fingerprint density at radius 2 is 2.47 bits per heavy atom. The summed E-state index contributed by atoms with van der Waals surface area (Å²) in [6.07, 6.45) is 4.54. The van der Waals surface area contributed by atoms with Crippen molar-refractivity contribution in [3.05, 3.63) is 12.7 Å². The molecule has 1 aliphatic heterocycles. The predicted octanol–water partition coefficient (Wildman–Crippen LogP) is 1.46. The molecule has 2 unspecified atom stereocenters. The Morgan fingerprint density at radius 1 is 1.73 bits per heavy atom. The van der Waals surface area contributed by atoms with Crippen molar-refractivity contribution in [2.24, 2.45) is 5.41 Å². The lowest BCUT2D eigenvalue weighted by atomic mass is 9.83. The molecule has 1 rings (SSSR count). The zero-order chi connectivity index (χ0) is 11.3. The number of hydrogen-bond acceptors (Lipinski definition) is 2. The van der Waals surface area contributed by atoms with Gasteiger partial charge in [0.05, 0.1) is 5.41 Å². The third-order valence-corrected chi connectivity index (χ3v) is 3.30. The van der Waals surface area contributed by atoms with Gasteiger partial charge in [-0.25, -0.2) is 0 Å². The van der Waals surface area contributed by atoms with Crippen LogP contribution in [0.3, 0.4) is 0 Å². The number of rotatable bonds is 5. The lowest BCUT2D eigenvalue weighted by molar-refractivity contribution is -0.130. The molecule has 0 bridgehead atoms. The van der Waals surface area contributed by atoms with Gasteiger partial charge in [-0.05, 0) is 32.7 Å². The Balaban J connectivity index is 2.53. The molecule has 86 valence electrons. The molecule has 0 aromatic heterocycles. The maximum Gasteiger partial charge on any atom is 0.227 e. The van der Waals surface area contributed by atoms with Crippen LogP contribution in [-0.2, 0) is 4.79 Å². The monoisotopic (exact) mass is 210 g/mol. The Morgan fingerprint density at radius 3 is 2.93 bits per heavy atom. The second-order valence-corrected chi connectivity index (χ2v) is 4.46. The third kappa shape index (κ3) is 2.81. The molecule has 0 aromatic carbocycles. The summed E-state index contributed by atoms with van der Waals surface area (Å²) in [5, 5.41) is 6.33. The number of carbonyl (C=O) groups is 1. The summed E-state index contributed by atoms with van der Waals surface area (Å²) >= 11 is 0. The number of carbonyl (C=O) groups excluding carboxylic acids is 1. The van der Waals surface area contributed by atoms with Crippen LogP contribution in [0.2, 0.25) is 0 Å². The van der Waals surface area contributed by atoms with Gasteiger partial charge in [0.2, 0.25) is 5.91 Å². The molecule has 3 nitrogen and oxygen atoms in total. The van der Waals surface area contributed by atoms with E-state index in [-0.39, 0.29) is 17.4 Å². The van der Waals surface area contributed by atoms with E-state index in [0.717, 1.165) is 32.4 Å². The van der Waals surface area contributed by atoms with Crippen LogP contribution in [0, 0.1) is 5.41 Å². The van der Waals surface area contributed by atoms with Gasteiger partial charge < -0.3 is 10.6 Å². The van der Waals surface area contributed by atoms with Gasteiger partial charge in [0.1, 0.15) is 0 Å². The summed E-state index contributed by atoms with van der Waals surface area (Å²) in [7, 11) is 0. The van der Waals surface area contributed by atoms with Gasteiger partial charge >= 0.3 is 0 Å². The van der Waals surface area contributed by atoms with Crippen LogP contribution in [0.25, 0.3) is 0 Å². The molecule has 1 heterocycles. The minimum absolute atomic E-state index is 0.171. The lowest BCUT2D eigenvalue weighted by Crippen LogP contribution is -2.45. The van der Waals surface area contributed by atoms with E-state index in [1.165, 1.54) is 0 Å². The molecular weight excluding hydrogens is 188 g/mol. The number of amides is 1. The number of nitrogens with one attached hydrogen (secondary N) is 2. The zero-order valence-corrected chi connectivity index (χ0v) is 9.81. The SMILES string of the molecule is C=CCC(C)NC(=O)C1(CC)CCNC1. The molecule has 2 N–H and O–H groups in total. The van der Waals surface area contributed by atoms with E-state index in [1.54, 1.807) is 0 Å². The lowest BCUT2D eigenvalue weighted by Gasteiger charge is -2.27. The molecule has 0 saturated carbocycles. The van der Waals surface area contributed by atoms with E-state index in [4.69, 9.17) is 0 Å². The second-order valence-electron chi connectivity index (χ2n) is 4.46. The Labute approximate surface area is 92.3 Å². The van der Waals surface area contributed by atoms with Crippen molar-refractivity contribution in [1.82, 2.24) is 10.6 Å². The molecule has 0 aliphatic carbocycles. The van der Waals surface area contributed by atoms with E-state index in [1.807, 2.05) is 13.0 Å². The largest absolute Gasteiger partial charge is 0.353 e. The molecule has 3 heteroatoms. The van der Waals surface area contributed by atoms with Crippen LogP contribution in [0.1, 0.15) is 33.1 Å². The van der Waals surface area contributed by atoms with Crippen molar-refractivity contribution in [1.29, 1.82) is 0 Å². The minimum atomic E-state index is -0.171. The van der Waals surface area contributed by atoms with Gasteiger partial charge in [-0.2, -0.15) is 0 Å². The van der Waals surface area contributed by atoms with Gasteiger partial charge in [0.15, 0.2) is 0 Å². The molecule has 2 atom stereocenters. The standard InChI is InChI=1S/C12H22N2O/c1-4-6-10(3)14-11(15)12(5-2)7-8-13-9-12/h4,10,13H,1,5-9H2,2-3H3,(H,14,15). The molecule has 15 heavy (non-hydrogen) atoms. The maximum atomic E-state index is 12.1. The highest BCUT2D eigenvalue weighted by atomic mass is 16.2.